The van der Waals surface area contributed by atoms with Gasteiger partial charge >= 0.3 is 0 Å². The molecule has 0 saturated heterocycles. The zero-order valence-corrected chi connectivity index (χ0v) is 24.0. The molecule has 39 heavy (non-hydrogen) atoms. The summed E-state index contributed by atoms with van der Waals surface area (Å²) in [4.78, 5) is 28.0. The van der Waals surface area contributed by atoms with Crippen LogP contribution in [-0.4, -0.2) is 44.3 Å². The number of sulfonamides is 1. The monoisotopic (exact) mass is 573 g/mol. The summed E-state index contributed by atoms with van der Waals surface area (Å²) >= 11 is 5.97. The number of hydrogen-bond acceptors (Lipinski definition) is 4. The van der Waals surface area contributed by atoms with E-state index in [-0.39, 0.29) is 22.9 Å². The number of aryl methyl sites for hydroxylation is 1. The van der Waals surface area contributed by atoms with Crippen LogP contribution in [0.25, 0.3) is 0 Å². The normalized spacial score (nSPS) is 12.2. The molecule has 0 heterocycles. The SMILES string of the molecule is Cc1ccccc1N(CC(=O)N(Cc1ccccc1F)[C@H](C)C(=O)NCC(C)C)S(=O)(=O)c1ccc(Cl)cc1. The van der Waals surface area contributed by atoms with Crippen LogP contribution in [0.4, 0.5) is 10.1 Å². The molecule has 7 nitrogen and oxygen atoms in total. The second-order valence-corrected chi connectivity index (χ2v) is 12.0. The fourth-order valence-corrected chi connectivity index (χ4v) is 5.54. The van der Waals surface area contributed by atoms with Crippen molar-refractivity contribution in [2.45, 2.75) is 45.2 Å². The van der Waals surface area contributed by atoms with Gasteiger partial charge in [0.2, 0.25) is 11.8 Å². The molecular formula is C29H33ClFN3O4S. The number of amides is 2. The Hall–Kier alpha value is -3.43. The van der Waals surface area contributed by atoms with E-state index >= 15 is 0 Å². The number of rotatable bonds is 11. The van der Waals surface area contributed by atoms with Crippen LogP contribution in [0.2, 0.25) is 5.02 Å². The number of para-hydroxylation sites is 1. The van der Waals surface area contributed by atoms with Crippen LogP contribution in [0.5, 0.6) is 0 Å². The minimum Gasteiger partial charge on any atom is -0.354 e. The van der Waals surface area contributed by atoms with Gasteiger partial charge < -0.3 is 10.2 Å². The smallest absolute Gasteiger partial charge is 0.264 e. The van der Waals surface area contributed by atoms with Gasteiger partial charge in [0.05, 0.1) is 10.6 Å². The van der Waals surface area contributed by atoms with Gasteiger partial charge in [0, 0.05) is 23.7 Å². The van der Waals surface area contributed by atoms with Crippen molar-refractivity contribution in [1.29, 1.82) is 0 Å². The van der Waals surface area contributed by atoms with Crippen molar-refractivity contribution in [1.82, 2.24) is 10.2 Å². The van der Waals surface area contributed by atoms with E-state index in [4.69, 9.17) is 11.6 Å². The maximum atomic E-state index is 14.6. The van der Waals surface area contributed by atoms with Gasteiger partial charge in [-0.2, -0.15) is 0 Å². The van der Waals surface area contributed by atoms with Crippen LogP contribution in [0.1, 0.15) is 31.9 Å². The van der Waals surface area contributed by atoms with Crippen LogP contribution in [-0.2, 0) is 26.2 Å². The van der Waals surface area contributed by atoms with Gasteiger partial charge in [-0.1, -0.05) is 61.8 Å². The van der Waals surface area contributed by atoms with E-state index in [9.17, 15) is 22.4 Å². The highest BCUT2D eigenvalue weighted by atomic mass is 35.5. The summed E-state index contributed by atoms with van der Waals surface area (Å²) < 4.78 is 43.3. The summed E-state index contributed by atoms with van der Waals surface area (Å²) in [7, 11) is -4.22. The molecule has 0 aliphatic heterocycles. The molecule has 1 N–H and O–H groups in total. The number of carbonyl (C=O) groups is 2. The number of halogens is 2. The molecular weight excluding hydrogens is 541 g/mol. The number of nitrogens with one attached hydrogen (secondary N) is 1. The van der Waals surface area contributed by atoms with E-state index in [0.717, 1.165) is 4.31 Å². The molecule has 208 valence electrons. The molecule has 3 aromatic carbocycles. The van der Waals surface area contributed by atoms with E-state index in [2.05, 4.69) is 5.32 Å². The Morgan fingerprint density at radius 1 is 0.949 bits per heavy atom. The molecule has 3 rings (SSSR count). The molecule has 0 aliphatic carbocycles. The maximum absolute atomic E-state index is 14.6. The summed E-state index contributed by atoms with van der Waals surface area (Å²) in [6.07, 6.45) is 0. The number of anilines is 1. The molecule has 0 radical (unpaired) electrons. The van der Waals surface area contributed by atoms with Crippen LogP contribution in [0, 0.1) is 18.7 Å². The van der Waals surface area contributed by atoms with Gasteiger partial charge in [-0.3, -0.25) is 13.9 Å². The predicted octanol–water partition coefficient (Wildman–Crippen LogP) is 5.17. The molecule has 1 atom stereocenters. The molecule has 0 bridgehead atoms. The highest BCUT2D eigenvalue weighted by Gasteiger charge is 2.33. The fourth-order valence-electron chi connectivity index (χ4n) is 3.94. The Bertz CT molecular complexity index is 1410. The molecule has 10 heteroatoms. The minimum absolute atomic E-state index is 0.0497. The molecule has 0 aromatic heterocycles. The Labute approximate surface area is 234 Å². The standard InChI is InChI=1S/C29H33ClFN3O4S/c1-20(2)17-32-29(36)22(4)33(18-23-10-6-7-11-26(23)31)28(35)19-34(27-12-8-5-9-21(27)3)39(37,38)25-15-13-24(30)14-16-25/h5-16,20,22H,17-19H2,1-4H3,(H,32,36)/t22-/m1/s1. The third-order valence-electron chi connectivity index (χ3n) is 6.22. The molecule has 0 fully saturated rings. The third kappa shape index (κ3) is 7.58. The maximum Gasteiger partial charge on any atom is 0.264 e. The van der Waals surface area contributed by atoms with Crippen LogP contribution < -0.4 is 9.62 Å². The quantitative estimate of drug-likeness (QED) is 0.343. The highest BCUT2D eigenvalue weighted by Crippen LogP contribution is 2.28. The van der Waals surface area contributed by atoms with E-state index in [0.29, 0.717) is 22.8 Å². The van der Waals surface area contributed by atoms with Crippen molar-refractivity contribution < 1.29 is 22.4 Å². The van der Waals surface area contributed by atoms with Crippen molar-refractivity contribution in [3.8, 4) is 0 Å². The third-order valence-corrected chi connectivity index (χ3v) is 8.24. The van der Waals surface area contributed by atoms with Gasteiger partial charge in [0.15, 0.2) is 0 Å². The fraction of sp³-hybridized carbons (Fsp3) is 0.310. The molecule has 0 spiro atoms. The summed E-state index contributed by atoms with van der Waals surface area (Å²) in [6, 6.07) is 17.4. The summed E-state index contributed by atoms with van der Waals surface area (Å²) in [5.41, 5.74) is 1.15. The second kappa shape index (κ2) is 13.1. The van der Waals surface area contributed by atoms with E-state index in [1.165, 1.54) is 47.4 Å². The van der Waals surface area contributed by atoms with Crippen LogP contribution >= 0.6 is 11.6 Å². The van der Waals surface area contributed by atoms with Gasteiger partial charge in [-0.15, -0.1) is 0 Å². The van der Waals surface area contributed by atoms with Gasteiger partial charge in [0.1, 0.15) is 18.4 Å². The zero-order valence-electron chi connectivity index (χ0n) is 22.4. The number of hydrogen-bond donors (Lipinski definition) is 1. The summed E-state index contributed by atoms with van der Waals surface area (Å²) in [5, 5.41) is 3.17. The Morgan fingerprint density at radius 3 is 2.18 bits per heavy atom. The number of nitrogens with zero attached hydrogens (tertiary/aromatic N) is 2. The highest BCUT2D eigenvalue weighted by molar-refractivity contribution is 7.92. The molecule has 0 unspecified atom stereocenters. The Balaban J connectivity index is 2.03. The second-order valence-electron chi connectivity index (χ2n) is 9.68. The molecule has 0 saturated carbocycles. The average molecular weight is 574 g/mol. The lowest BCUT2D eigenvalue weighted by Gasteiger charge is -2.32. The largest absolute Gasteiger partial charge is 0.354 e. The number of carbonyl (C=O) groups excluding carboxylic acids is 2. The van der Waals surface area contributed by atoms with E-state index in [1.807, 2.05) is 13.8 Å². The van der Waals surface area contributed by atoms with Crippen molar-refractivity contribution in [2.24, 2.45) is 5.92 Å². The summed E-state index contributed by atoms with van der Waals surface area (Å²) in [6.45, 7) is 6.73. The molecule has 2 amide bonds. The van der Waals surface area contributed by atoms with Crippen molar-refractivity contribution >= 4 is 39.1 Å². The van der Waals surface area contributed by atoms with Crippen molar-refractivity contribution in [2.75, 3.05) is 17.4 Å². The Kier molecular flexibility index (Phi) is 10.1. The lowest BCUT2D eigenvalue weighted by atomic mass is 10.1. The van der Waals surface area contributed by atoms with Crippen molar-refractivity contribution in [3.63, 3.8) is 0 Å². The lowest BCUT2D eigenvalue weighted by Crippen LogP contribution is -2.51. The van der Waals surface area contributed by atoms with E-state index in [1.54, 1.807) is 44.2 Å². The van der Waals surface area contributed by atoms with Crippen molar-refractivity contribution in [3.05, 3.63) is 94.8 Å². The first-order valence-corrected chi connectivity index (χ1v) is 14.4. The number of benzene rings is 3. The Morgan fingerprint density at radius 2 is 1.56 bits per heavy atom. The first-order chi connectivity index (χ1) is 18.4. The molecule has 3 aromatic rings. The van der Waals surface area contributed by atoms with Gasteiger partial charge in [-0.05, 0) is 61.7 Å². The predicted molar refractivity (Wildman–Crippen MR) is 151 cm³/mol. The van der Waals surface area contributed by atoms with Crippen LogP contribution in [0.3, 0.4) is 0 Å². The minimum atomic E-state index is -4.22. The first-order valence-electron chi connectivity index (χ1n) is 12.6. The topological polar surface area (TPSA) is 86.8 Å². The van der Waals surface area contributed by atoms with Gasteiger partial charge in [0.25, 0.3) is 10.0 Å². The summed E-state index contributed by atoms with van der Waals surface area (Å²) in [5.74, 6) is -1.43. The van der Waals surface area contributed by atoms with E-state index < -0.39 is 40.2 Å². The average Bonchev–Trinajstić information content (AvgIpc) is 2.90. The zero-order chi connectivity index (χ0) is 28.7. The van der Waals surface area contributed by atoms with Gasteiger partial charge in [-0.25, -0.2) is 12.8 Å². The first kappa shape index (κ1) is 30.1. The lowest BCUT2D eigenvalue weighted by molar-refractivity contribution is -0.139. The van der Waals surface area contributed by atoms with Crippen LogP contribution in [0.15, 0.2) is 77.7 Å². The molecule has 0 aliphatic rings.